The summed E-state index contributed by atoms with van der Waals surface area (Å²) in [6, 6.07) is 6.83. The van der Waals surface area contributed by atoms with E-state index in [1.54, 1.807) is 24.0 Å². The highest BCUT2D eigenvalue weighted by molar-refractivity contribution is 6.30. The second kappa shape index (κ2) is 6.91. The fraction of sp³-hybridized carbons (Fsp3) is 0.467. The summed E-state index contributed by atoms with van der Waals surface area (Å²) in [5, 5.41) is 0.639. The SMILES string of the molecule is CCOC(=O)CN1CCN(c2ccc(Cl)cc2)C(=O)C1C. The van der Waals surface area contributed by atoms with Gasteiger partial charge in [0, 0.05) is 23.8 Å². The topological polar surface area (TPSA) is 49.9 Å². The number of esters is 1. The van der Waals surface area contributed by atoms with Crippen molar-refractivity contribution in [3.8, 4) is 0 Å². The Balaban J connectivity index is 2.04. The summed E-state index contributed by atoms with van der Waals surface area (Å²) in [6.07, 6.45) is 0. The van der Waals surface area contributed by atoms with E-state index in [9.17, 15) is 9.59 Å². The van der Waals surface area contributed by atoms with Crippen molar-refractivity contribution in [1.82, 2.24) is 4.90 Å². The molecule has 1 unspecified atom stereocenters. The van der Waals surface area contributed by atoms with Crippen LogP contribution in [0.25, 0.3) is 0 Å². The lowest BCUT2D eigenvalue weighted by Crippen LogP contribution is -2.57. The number of halogens is 1. The van der Waals surface area contributed by atoms with Crippen LogP contribution in [0, 0.1) is 0 Å². The van der Waals surface area contributed by atoms with Gasteiger partial charge in [0.25, 0.3) is 0 Å². The van der Waals surface area contributed by atoms with Crippen molar-refractivity contribution in [2.75, 3.05) is 31.1 Å². The Morgan fingerprint density at radius 2 is 2.00 bits per heavy atom. The number of hydrogen-bond donors (Lipinski definition) is 0. The fourth-order valence-electron chi connectivity index (χ4n) is 2.38. The summed E-state index contributed by atoms with van der Waals surface area (Å²) in [7, 11) is 0. The summed E-state index contributed by atoms with van der Waals surface area (Å²) in [5.41, 5.74) is 0.826. The first-order valence-electron chi connectivity index (χ1n) is 6.99. The highest BCUT2D eigenvalue weighted by Crippen LogP contribution is 2.22. The van der Waals surface area contributed by atoms with Gasteiger partial charge in [0.1, 0.15) is 0 Å². The van der Waals surface area contributed by atoms with Crippen LogP contribution >= 0.6 is 11.6 Å². The normalized spacial score (nSPS) is 19.7. The van der Waals surface area contributed by atoms with Gasteiger partial charge in [-0.15, -0.1) is 0 Å². The van der Waals surface area contributed by atoms with E-state index < -0.39 is 0 Å². The van der Waals surface area contributed by atoms with Crippen molar-refractivity contribution in [3.63, 3.8) is 0 Å². The summed E-state index contributed by atoms with van der Waals surface area (Å²) in [4.78, 5) is 27.6. The predicted molar refractivity (Wildman–Crippen MR) is 81.5 cm³/mol. The smallest absolute Gasteiger partial charge is 0.320 e. The Kier molecular flexibility index (Phi) is 5.20. The maximum Gasteiger partial charge on any atom is 0.320 e. The van der Waals surface area contributed by atoms with Crippen LogP contribution in [0.5, 0.6) is 0 Å². The number of nitrogens with zero attached hydrogens (tertiary/aromatic N) is 2. The van der Waals surface area contributed by atoms with E-state index in [2.05, 4.69) is 0 Å². The molecule has 114 valence electrons. The van der Waals surface area contributed by atoms with Gasteiger partial charge in [0.15, 0.2) is 0 Å². The minimum Gasteiger partial charge on any atom is -0.465 e. The quantitative estimate of drug-likeness (QED) is 0.798. The van der Waals surface area contributed by atoms with Gasteiger partial charge in [-0.3, -0.25) is 14.5 Å². The van der Waals surface area contributed by atoms with Crippen molar-refractivity contribution >= 4 is 29.2 Å². The first-order valence-corrected chi connectivity index (χ1v) is 7.37. The van der Waals surface area contributed by atoms with E-state index >= 15 is 0 Å². The van der Waals surface area contributed by atoms with Gasteiger partial charge in [-0.25, -0.2) is 0 Å². The summed E-state index contributed by atoms with van der Waals surface area (Å²) < 4.78 is 4.93. The third-order valence-electron chi connectivity index (χ3n) is 3.56. The number of carbonyl (C=O) groups excluding carboxylic acids is 2. The van der Waals surface area contributed by atoms with Crippen LogP contribution in [0.15, 0.2) is 24.3 Å². The van der Waals surface area contributed by atoms with E-state index in [-0.39, 0.29) is 24.5 Å². The van der Waals surface area contributed by atoms with Gasteiger partial charge < -0.3 is 9.64 Å². The summed E-state index contributed by atoms with van der Waals surface area (Å²) in [5.74, 6) is -0.315. The lowest BCUT2D eigenvalue weighted by atomic mass is 10.1. The summed E-state index contributed by atoms with van der Waals surface area (Å²) in [6.45, 7) is 5.26. The molecule has 2 rings (SSSR count). The number of carbonyl (C=O) groups is 2. The van der Waals surface area contributed by atoms with Crippen LogP contribution in [0.3, 0.4) is 0 Å². The average molecular weight is 311 g/mol. The molecule has 0 saturated carbocycles. The largest absolute Gasteiger partial charge is 0.465 e. The van der Waals surface area contributed by atoms with E-state index in [1.165, 1.54) is 0 Å². The van der Waals surface area contributed by atoms with Crippen molar-refractivity contribution in [2.24, 2.45) is 0 Å². The Bertz CT molecular complexity index is 518. The molecule has 6 heteroatoms. The number of rotatable bonds is 4. The molecule has 5 nitrogen and oxygen atoms in total. The van der Waals surface area contributed by atoms with Crippen molar-refractivity contribution in [2.45, 2.75) is 19.9 Å². The number of amides is 1. The number of benzene rings is 1. The summed E-state index contributed by atoms with van der Waals surface area (Å²) >= 11 is 5.86. The van der Waals surface area contributed by atoms with Crippen LogP contribution in [0.1, 0.15) is 13.8 Å². The number of piperazine rings is 1. The molecule has 1 aromatic carbocycles. The molecule has 1 atom stereocenters. The molecule has 1 heterocycles. The molecular weight excluding hydrogens is 292 g/mol. The zero-order valence-electron chi connectivity index (χ0n) is 12.2. The third kappa shape index (κ3) is 3.74. The number of hydrogen-bond acceptors (Lipinski definition) is 4. The molecule has 0 bridgehead atoms. The first-order chi connectivity index (χ1) is 10.0. The molecule has 0 aliphatic carbocycles. The third-order valence-corrected chi connectivity index (χ3v) is 3.81. The average Bonchev–Trinajstić information content (AvgIpc) is 2.46. The standard InChI is InChI=1S/C15H19ClN2O3/c1-3-21-14(19)10-17-8-9-18(15(20)11(17)2)13-6-4-12(16)5-7-13/h4-7,11H,3,8-10H2,1-2H3. The van der Waals surface area contributed by atoms with Gasteiger partial charge in [-0.2, -0.15) is 0 Å². The zero-order chi connectivity index (χ0) is 15.4. The molecule has 0 aromatic heterocycles. The Morgan fingerprint density at radius 3 is 2.62 bits per heavy atom. The molecular formula is C15H19ClN2O3. The molecule has 1 fully saturated rings. The molecule has 1 saturated heterocycles. The van der Waals surface area contributed by atoms with Gasteiger partial charge in [0.05, 0.1) is 19.2 Å². The molecule has 1 aromatic rings. The van der Waals surface area contributed by atoms with E-state index in [0.29, 0.717) is 24.7 Å². The fourth-order valence-corrected chi connectivity index (χ4v) is 2.51. The van der Waals surface area contributed by atoms with Crippen LogP contribution in [0.2, 0.25) is 5.02 Å². The highest BCUT2D eigenvalue weighted by Gasteiger charge is 2.33. The van der Waals surface area contributed by atoms with Crippen molar-refractivity contribution < 1.29 is 14.3 Å². The Morgan fingerprint density at radius 1 is 1.33 bits per heavy atom. The maximum atomic E-state index is 12.5. The molecule has 0 radical (unpaired) electrons. The minimum atomic E-state index is -0.348. The van der Waals surface area contributed by atoms with Crippen LogP contribution in [-0.4, -0.2) is 49.1 Å². The minimum absolute atomic E-state index is 0.0205. The van der Waals surface area contributed by atoms with Gasteiger partial charge in [0.2, 0.25) is 5.91 Å². The van der Waals surface area contributed by atoms with Crippen LogP contribution in [0.4, 0.5) is 5.69 Å². The van der Waals surface area contributed by atoms with E-state index in [4.69, 9.17) is 16.3 Å². The molecule has 21 heavy (non-hydrogen) atoms. The first kappa shape index (κ1) is 15.8. The van der Waals surface area contributed by atoms with E-state index in [1.807, 2.05) is 24.0 Å². The predicted octanol–water partition coefficient (Wildman–Crippen LogP) is 1.94. The molecule has 1 aliphatic rings. The van der Waals surface area contributed by atoms with Crippen molar-refractivity contribution in [1.29, 1.82) is 0 Å². The van der Waals surface area contributed by atoms with Crippen LogP contribution < -0.4 is 4.90 Å². The van der Waals surface area contributed by atoms with E-state index in [0.717, 1.165) is 5.69 Å². The van der Waals surface area contributed by atoms with Gasteiger partial charge in [-0.1, -0.05) is 11.6 Å². The number of ether oxygens (including phenoxy) is 1. The number of anilines is 1. The van der Waals surface area contributed by atoms with Gasteiger partial charge >= 0.3 is 5.97 Å². The second-order valence-corrected chi connectivity index (χ2v) is 5.35. The van der Waals surface area contributed by atoms with Crippen molar-refractivity contribution in [3.05, 3.63) is 29.3 Å². The second-order valence-electron chi connectivity index (χ2n) is 4.92. The molecule has 1 amide bonds. The highest BCUT2D eigenvalue weighted by atomic mass is 35.5. The lowest BCUT2D eigenvalue weighted by Gasteiger charge is -2.38. The molecule has 0 N–H and O–H groups in total. The maximum absolute atomic E-state index is 12.5. The monoisotopic (exact) mass is 310 g/mol. The Hall–Kier alpha value is -1.59. The zero-order valence-corrected chi connectivity index (χ0v) is 13.0. The molecule has 0 spiro atoms. The molecule has 1 aliphatic heterocycles. The van der Waals surface area contributed by atoms with Gasteiger partial charge in [-0.05, 0) is 38.1 Å². The Labute approximate surface area is 129 Å². The van der Waals surface area contributed by atoms with Crippen LogP contribution in [-0.2, 0) is 14.3 Å². The lowest BCUT2D eigenvalue weighted by molar-refractivity contribution is -0.145.